The molecule has 0 aliphatic heterocycles. The summed E-state index contributed by atoms with van der Waals surface area (Å²) in [5.74, 6) is -4.61. The van der Waals surface area contributed by atoms with E-state index < -0.39 is 36.2 Å². The van der Waals surface area contributed by atoms with Crippen molar-refractivity contribution in [1.29, 1.82) is 0 Å². The van der Waals surface area contributed by atoms with Crippen LogP contribution in [0.4, 0.5) is 22.0 Å². The van der Waals surface area contributed by atoms with Gasteiger partial charge < -0.3 is 15.6 Å². The molecule has 0 radical (unpaired) electrons. The summed E-state index contributed by atoms with van der Waals surface area (Å²) in [5, 5.41) is 8.51. The predicted molar refractivity (Wildman–Crippen MR) is 59.8 cm³/mol. The van der Waals surface area contributed by atoms with Crippen LogP contribution in [-0.4, -0.2) is 24.0 Å². The Morgan fingerprint density at radius 3 is 2.32 bits per heavy atom. The third-order valence-electron chi connectivity index (χ3n) is 2.20. The van der Waals surface area contributed by atoms with E-state index in [1.807, 2.05) is 0 Å². The van der Waals surface area contributed by atoms with Gasteiger partial charge in [0.1, 0.15) is 18.4 Å². The van der Waals surface area contributed by atoms with Gasteiger partial charge in [-0.3, -0.25) is 0 Å². The second kappa shape index (κ2) is 5.59. The molecular weight excluding hydrogens is 341 g/mol. The van der Waals surface area contributed by atoms with Crippen LogP contribution in [0.25, 0.3) is 0 Å². The Labute approximate surface area is 113 Å². The van der Waals surface area contributed by atoms with E-state index in [0.29, 0.717) is 0 Å². The number of rotatable bonds is 4. The number of benzene rings is 1. The maximum Gasteiger partial charge on any atom is 0.573 e. The van der Waals surface area contributed by atoms with E-state index in [9.17, 15) is 22.0 Å². The first-order valence-electron chi connectivity index (χ1n) is 4.86. The fourth-order valence-corrected chi connectivity index (χ4v) is 1.68. The number of ether oxygens (including phenoxy) is 1. The number of halogens is 6. The van der Waals surface area contributed by atoms with Gasteiger partial charge in [-0.15, -0.1) is 13.2 Å². The van der Waals surface area contributed by atoms with Crippen molar-refractivity contribution in [2.75, 3.05) is 6.61 Å². The van der Waals surface area contributed by atoms with Gasteiger partial charge >= 0.3 is 6.36 Å². The molecule has 1 atom stereocenters. The summed E-state index contributed by atoms with van der Waals surface area (Å²) in [6, 6.07) is 0.900. The standard InChI is InChI=1S/C10H9BrF5NO2/c11-5-1-2-7(19-10(14,15)16)6(3-5)8(17)9(12,13)4-18/h1-3,8,18H,4,17H2/t8-/m1/s1. The Morgan fingerprint density at radius 2 is 1.84 bits per heavy atom. The van der Waals surface area contributed by atoms with Gasteiger partial charge in [-0.25, -0.2) is 8.78 Å². The SMILES string of the molecule is N[C@H](c1cc(Br)ccc1OC(F)(F)F)C(F)(F)CO. The second-order valence-electron chi connectivity index (χ2n) is 3.63. The van der Waals surface area contributed by atoms with Gasteiger partial charge in [0.2, 0.25) is 0 Å². The van der Waals surface area contributed by atoms with Crippen LogP contribution in [0.5, 0.6) is 5.75 Å². The van der Waals surface area contributed by atoms with Gasteiger partial charge in [-0.05, 0) is 18.2 Å². The summed E-state index contributed by atoms with van der Waals surface area (Å²) in [6.07, 6.45) is -5.03. The Kier molecular flexibility index (Phi) is 4.75. The number of hydrogen-bond donors (Lipinski definition) is 2. The summed E-state index contributed by atoms with van der Waals surface area (Å²) in [6.45, 7) is -1.59. The first kappa shape index (κ1) is 16.1. The largest absolute Gasteiger partial charge is 0.573 e. The topological polar surface area (TPSA) is 55.5 Å². The second-order valence-corrected chi connectivity index (χ2v) is 4.54. The van der Waals surface area contributed by atoms with Crippen molar-refractivity contribution in [3.05, 3.63) is 28.2 Å². The van der Waals surface area contributed by atoms with E-state index in [0.717, 1.165) is 12.1 Å². The van der Waals surface area contributed by atoms with E-state index >= 15 is 0 Å². The summed E-state index contributed by atoms with van der Waals surface area (Å²) in [5.41, 5.74) is 4.63. The fourth-order valence-electron chi connectivity index (χ4n) is 1.31. The first-order valence-corrected chi connectivity index (χ1v) is 5.65. The molecule has 3 nitrogen and oxygen atoms in total. The van der Waals surface area contributed by atoms with Gasteiger partial charge in [-0.2, -0.15) is 0 Å². The number of alkyl halides is 5. The van der Waals surface area contributed by atoms with Gasteiger partial charge in [0.05, 0.1) is 0 Å². The minimum atomic E-state index is -5.03. The van der Waals surface area contributed by atoms with Crippen LogP contribution >= 0.6 is 15.9 Å². The quantitative estimate of drug-likeness (QED) is 0.821. The van der Waals surface area contributed by atoms with Crippen molar-refractivity contribution in [3.63, 3.8) is 0 Å². The molecule has 0 bridgehead atoms. The molecule has 0 saturated heterocycles. The van der Waals surface area contributed by atoms with Gasteiger partial charge in [0.25, 0.3) is 5.92 Å². The lowest BCUT2D eigenvalue weighted by molar-refractivity contribution is -0.275. The van der Waals surface area contributed by atoms with Crippen LogP contribution in [0.3, 0.4) is 0 Å². The maximum absolute atomic E-state index is 13.2. The molecule has 0 unspecified atom stereocenters. The molecule has 0 aliphatic carbocycles. The molecule has 0 aliphatic rings. The highest BCUT2D eigenvalue weighted by Crippen LogP contribution is 2.37. The average molecular weight is 350 g/mol. The molecule has 0 amide bonds. The van der Waals surface area contributed by atoms with Gasteiger partial charge in [0, 0.05) is 10.0 Å². The highest BCUT2D eigenvalue weighted by atomic mass is 79.9. The van der Waals surface area contributed by atoms with Crippen molar-refractivity contribution in [3.8, 4) is 5.75 Å². The van der Waals surface area contributed by atoms with Crippen molar-refractivity contribution in [2.45, 2.75) is 18.3 Å². The molecule has 0 aromatic heterocycles. The Balaban J connectivity index is 3.21. The minimum absolute atomic E-state index is 0.251. The zero-order valence-corrected chi connectivity index (χ0v) is 10.8. The average Bonchev–Trinajstić information content (AvgIpc) is 2.29. The van der Waals surface area contributed by atoms with E-state index in [1.54, 1.807) is 0 Å². The van der Waals surface area contributed by atoms with Crippen LogP contribution in [0.2, 0.25) is 0 Å². The Morgan fingerprint density at radius 1 is 1.26 bits per heavy atom. The van der Waals surface area contributed by atoms with Crippen LogP contribution in [-0.2, 0) is 0 Å². The molecule has 1 aromatic carbocycles. The van der Waals surface area contributed by atoms with Crippen molar-refractivity contribution >= 4 is 15.9 Å². The molecule has 108 valence electrons. The molecule has 3 N–H and O–H groups in total. The Bertz CT molecular complexity index is 452. The molecule has 0 saturated carbocycles. The number of nitrogens with two attached hydrogens (primary N) is 1. The van der Waals surface area contributed by atoms with E-state index in [4.69, 9.17) is 10.8 Å². The smallest absolute Gasteiger partial charge is 0.405 e. The number of aliphatic hydroxyl groups excluding tert-OH is 1. The fraction of sp³-hybridized carbons (Fsp3) is 0.400. The van der Waals surface area contributed by atoms with E-state index in [-0.39, 0.29) is 4.47 Å². The van der Waals surface area contributed by atoms with Crippen LogP contribution in [0.15, 0.2) is 22.7 Å². The first-order chi connectivity index (χ1) is 8.57. The molecule has 0 heterocycles. The van der Waals surface area contributed by atoms with E-state index in [1.165, 1.54) is 6.07 Å². The summed E-state index contributed by atoms with van der Waals surface area (Å²) >= 11 is 2.93. The molecule has 0 spiro atoms. The molecule has 9 heteroatoms. The molecule has 1 aromatic rings. The van der Waals surface area contributed by atoms with Crippen molar-refractivity contribution in [2.24, 2.45) is 5.73 Å². The maximum atomic E-state index is 13.2. The zero-order valence-electron chi connectivity index (χ0n) is 9.22. The highest BCUT2D eigenvalue weighted by molar-refractivity contribution is 9.10. The lowest BCUT2D eigenvalue weighted by Gasteiger charge is -2.24. The monoisotopic (exact) mass is 349 g/mol. The lowest BCUT2D eigenvalue weighted by atomic mass is 10.0. The Hall–Kier alpha value is -0.930. The third kappa shape index (κ3) is 4.29. The molecular formula is C10H9BrF5NO2. The van der Waals surface area contributed by atoms with Gasteiger partial charge in [0.15, 0.2) is 0 Å². The summed E-state index contributed by atoms with van der Waals surface area (Å²) in [4.78, 5) is 0. The van der Waals surface area contributed by atoms with E-state index in [2.05, 4.69) is 20.7 Å². The van der Waals surface area contributed by atoms with Crippen molar-refractivity contribution in [1.82, 2.24) is 0 Å². The van der Waals surface area contributed by atoms with Crippen molar-refractivity contribution < 1.29 is 31.8 Å². The van der Waals surface area contributed by atoms with Crippen LogP contribution < -0.4 is 10.5 Å². The number of aliphatic hydroxyl groups is 1. The molecule has 1 rings (SSSR count). The summed E-state index contributed by atoms with van der Waals surface area (Å²) in [7, 11) is 0. The number of hydrogen-bond acceptors (Lipinski definition) is 3. The lowest BCUT2D eigenvalue weighted by Crippen LogP contribution is -2.36. The summed E-state index contributed by atoms with van der Waals surface area (Å²) < 4.78 is 66.8. The zero-order chi connectivity index (χ0) is 14.8. The molecule has 19 heavy (non-hydrogen) atoms. The molecule has 0 fully saturated rings. The highest BCUT2D eigenvalue weighted by Gasteiger charge is 2.40. The van der Waals surface area contributed by atoms with Crippen LogP contribution in [0, 0.1) is 0 Å². The normalized spacial score (nSPS) is 14.3. The van der Waals surface area contributed by atoms with Crippen LogP contribution in [0.1, 0.15) is 11.6 Å². The minimum Gasteiger partial charge on any atom is -0.405 e. The third-order valence-corrected chi connectivity index (χ3v) is 2.69. The van der Waals surface area contributed by atoms with Gasteiger partial charge in [-0.1, -0.05) is 15.9 Å². The predicted octanol–water partition coefficient (Wildman–Crippen LogP) is 2.98.